The van der Waals surface area contributed by atoms with Crippen LogP contribution in [0.5, 0.6) is 0 Å². The minimum Gasteiger partial charge on any atom is -0.392 e. The van der Waals surface area contributed by atoms with Gasteiger partial charge in [0, 0.05) is 12.0 Å². The van der Waals surface area contributed by atoms with Gasteiger partial charge in [0.2, 0.25) is 0 Å². The summed E-state index contributed by atoms with van der Waals surface area (Å²) in [4.78, 5) is 0. The van der Waals surface area contributed by atoms with Crippen LogP contribution in [-0.2, 0) is 0 Å². The van der Waals surface area contributed by atoms with Gasteiger partial charge in [-0.3, -0.25) is 0 Å². The molecular weight excluding hydrogens is 198 g/mol. The van der Waals surface area contributed by atoms with Gasteiger partial charge >= 0.3 is 0 Å². The lowest BCUT2D eigenvalue weighted by atomic mass is 9.81. The summed E-state index contributed by atoms with van der Waals surface area (Å²) >= 11 is 0. The second-order valence-electron chi connectivity index (χ2n) is 4.12. The van der Waals surface area contributed by atoms with Crippen molar-refractivity contribution in [2.24, 2.45) is 0 Å². The first-order valence-corrected chi connectivity index (χ1v) is 5.31. The summed E-state index contributed by atoms with van der Waals surface area (Å²) in [6, 6.07) is 3.58. The predicted octanol–water partition coefficient (Wildman–Crippen LogP) is 2.98. The van der Waals surface area contributed by atoms with Crippen LogP contribution in [-0.4, -0.2) is 11.2 Å². The fourth-order valence-electron chi connectivity index (χ4n) is 2.28. The van der Waals surface area contributed by atoms with Crippen molar-refractivity contribution in [2.75, 3.05) is 0 Å². The number of hydrogen-bond donors (Lipinski definition) is 1. The van der Waals surface area contributed by atoms with E-state index in [0.717, 1.165) is 25.3 Å². The van der Waals surface area contributed by atoms with E-state index < -0.39 is 17.7 Å². The standard InChI is InChI=1S/C12H14F2O/c13-8-5-6-9(11(14)7-8)10-3-1-2-4-12(10)15/h5-7,10,12,15H,1-4H2. The Morgan fingerprint density at radius 2 is 1.87 bits per heavy atom. The van der Waals surface area contributed by atoms with Crippen LogP contribution >= 0.6 is 0 Å². The molecule has 1 N–H and O–H groups in total. The minimum atomic E-state index is -0.568. The molecule has 0 amide bonds. The second-order valence-corrected chi connectivity index (χ2v) is 4.12. The van der Waals surface area contributed by atoms with E-state index in [4.69, 9.17) is 0 Å². The average molecular weight is 212 g/mol. The van der Waals surface area contributed by atoms with Crippen molar-refractivity contribution < 1.29 is 13.9 Å². The fourth-order valence-corrected chi connectivity index (χ4v) is 2.28. The van der Waals surface area contributed by atoms with Gasteiger partial charge in [-0.05, 0) is 24.5 Å². The number of rotatable bonds is 1. The third kappa shape index (κ3) is 2.17. The van der Waals surface area contributed by atoms with Gasteiger partial charge in [0.25, 0.3) is 0 Å². The molecule has 2 atom stereocenters. The molecule has 1 aromatic carbocycles. The molecule has 1 aliphatic rings. The van der Waals surface area contributed by atoms with Crippen LogP contribution in [0.15, 0.2) is 18.2 Å². The molecule has 1 saturated carbocycles. The topological polar surface area (TPSA) is 20.2 Å². The molecule has 2 unspecified atom stereocenters. The highest BCUT2D eigenvalue weighted by Gasteiger charge is 2.26. The van der Waals surface area contributed by atoms with Crippen molar-refractivity contribution >= 4 is 0 Å². The van der Waals surface area contributed by atoms with E-state index in [1.165, 1.54) is 12.1 Å². The number of halogens is 2. The van der Waals surface area contributed by atoms with Crippen LogP contribution in [0, 0.1) is 11.6 Å². The SMILES string of the molecule is OC1CCCCC1c1ccc(F)cc1F. The highest BCUT2D eigenvalue weighted by molar-refractivity contribution is 5.24. The Hall–Kier alpha value is -0.960. The Kier molecular flexibility index (Phi) is 3.00. The molecule has 1 aliphatic carbocycles. The molecule has 0 saturated heterocycles. The van der Waals surface area contributed by atoms with Crippen LogP contribution in [0.3, 0.4) is 0 Å². The lowest BCUT2D eigenvalue weighted by molar-refractivity contribution is 0.104. The molecule has 3 heteroatoms. The number of aliphatic hydroxyl groups is 1. The molecule has 0 bridgehead atoms. The van der Waals surface area contributed by atoms with E-state index in [2.05, 4.69) is 0 Å². The summed E-state index contributed by atoms with van der Waals surface area (Å²) in [6.45, 7) is 0. The van der Waals surface area contributed by atoms with Gasteiger partial charge in [0.05, 0.1) is 6.10 Å². The van der Waals surface area contributed by atoms with Crippen molar-refractivity contribution in [2.45, 2.75) is 37.7 Å². The maximum atomic E-state index is 13.5. The molecule has 1 fully saturated rings. The maximum absolute atomic E-state index is 13.5. The van der Waals surface area contributed by atoms with E-state index in [1.54, 1.807) is 0 Å². The summed E-state index contributed by atoms with van der Waals surface area (Å²) in [7, 11) is 0. The Bertz CT molecular complexity index is 351. The van der Waals surface area contributed by atoms with E-state index in [-0.39, 0.29) is 5.92 Å². The summed E-state index contributed by atoms with van der Waals surface area (Å²) in [5.41, 5.74) is 0.448. The molecule has 0 aliphatic heterocycles. The van der Waals surface area contributed by atoms with Crippen molar-refractivity contribution in [3.8, 4) is 0 Å². The summed E-state index contributed by atoms with van der Waals surface area (Å²) < 4.78 is 26.2. The van der Waals surface area contributed by atoms with Crippen LogP contribution in [0.4, 0.5) is 8.78 Å². The van der Waals surface area contributed by atoms with Gasteiger partial charge in [0.1, 0.15) is 11.6 Å². The predicted molar refractivity (Wildman–Crippen MR) is 53.6 cm³/mol. The Balaban J connectivity index is 2.27. The van der Waals surface area contributed by atoms with Crippen molar-refractivity contribution in [3.05, 3.63) is 35.4 Å². The lowest BCUT2D eigenvalue weighted by Crippen LogP contribution is -2.23. The molecule has 2 rings (SSSR count). The summed E-state index contributed by atoms with van der Waals surface area (Å²) in [5.74, 6) is -1.28. The smallest absolute Gasteiger partial charge is 0.129 e. The van der Waals surface area contributed by atoms with Crippen LogP contribution < -0.4 is 0 Å². The molecular formula is C12H14F2O. The van der Waals surface area contributed by atoms with Gasteiger partial charge in [-0.2, -0.15) is 0 Å². The second kappa shape index (κ2) is 4.27. The highest BCUT2D eigenvalue weighted by Crippen LogP contribution is 2.34. The van der Waals surface area contributed by atoms with E-state index in [0.29, 0.717) is 12.0 Å². The average Bonchev–Trinajstić information content (AvgIpc) is 2.20. The highest BCUT2D eigenvalue weighted by atomic mass is 19.1. The maximum Gasteiger partial charge on any atom is 0.129 e. The number of benzene rings is 1. The van der Waals surface area contributed by atoms with Gasteiger partial charge in [-0.1, -0.05) is 18.9 Å². The first-order chi connectivity index (χ1) is 7.18. The minimum absolute atomic E-state index is 0.167. The number of aliphatic hydroxyl groups excluding tert-OH is 1. The van der Waals surface area contributed by atoms with Crippen LogP contribution in [0.1, 0.15) is 37.2 Å². The first kappa shape index (κ1) is 10.6. The fraction of sp³-hybridized carbons (Fsp3) is 0.500. The third-order valence-corrected chi connectivity index (χ3v) is 3.09. The van der Waals surface area contributed by atoms with E-state index in [1.807, 2.05) is 0 Å². The van der Waals surface area contributed by atoms with Crippen molar-refractivity contribution in [1.82, 2.24) is 0 Å². The monoisotopic (exact) mass is 212 g/mol. The van der Waals surface area contributed by atoms with Crippen molar-refractivity contribution in [3.63, 3.8) is 0 Å². The Morgan fingerprint density at radius 1 is 1.13 bits per heavy atom. The van der Waals surface area contributed by atoms with E-state index in [9.17, 15) is 13.9 Å². The Labute approximate surface area is 87.7 Å². The molecule has 0 heterocycles. The zero-order valence-corrected chi connectivity index (χ0v) is 8.42. The molecule has 0 spiro atoms. The van der Waals surface area contributed by atoms with Crippen LogP contribution in [0.2, 0.25) is 0 Å². The largest absolute Gasteiger partial charge is 0.392 e. The van der Waals surface area contributed by atoms with Gasteiger partial charge in [-0.25, -0.2) is 8.78 Å². The zero-order chi connectivity index (χ0) is 10.8. The van der Waals surface area contributed by atoms with E-state index >= 15 is 0 Å². The van der Waals surface area contributed by atoms with Crippen LogP contribution in [0.25, 0.3) is 0 Å². The summed E-state index contributed by atoms with van der Waals surface area (Å²) in [6.07, 6.45) is 2.99. The molecule has 82 valence electrons. The number of hydrogen-bond acceptors (Lipinski definition) is 1. The van der Waals surface area contributed by atoms with Gasteiger partial charge in [-0.15, -0.1) is 0 Å². The molecule has 1 nitrogen and oxygen atoms in total. The normalized spacial score (nSPS) is 26.6. The summed E-state index contributed by atoms with van der Waals surface area (Å²) in [5, 5.41) is 9.76. The third-order valence-electron chi connectivity index (χ3n) is 3.09. The van der Waals surface area contributed by atoms with Gasteiger partial charge < -0.3 is 5.11 Å². The Morgan fingerprint density at radius 3 is 2.53 bits per heavy atom. The molecule has 0 aromatic heterocycles. The quantitative estimate of drug-likeness (QED) is 0.758. The molecule has 0 radical (unpaired) electrons. The zero-order valence-electron chi connectivity index (χ0n) is 8.42. The van der Waals surface area contributed by atoms with Gasteiger partial charge in [0.15, 0.2) is 0 Å². The molecule has 15 heavy (non-hydrogen) atoms. The lowest BCUT2D eigenvalue weighted by Gasteiger charge is -2.28. The molecule has 1 aromatic rings. The van der Waals surface area contributed by atoms with Crippen molar-refractivity contribution in [1.29, 1.82) is 0 Å². The first-order valence-electron chi connectivity index (χ1n) is 5.31.